The van der Waals surface area contributed by atoms with Crippen LogP contribution in [0.5, 0.6) is 0 Å². The smallest absolute Gasteiger partial charge is 0.133 e. The Morgan fingerprint density at radius 1 is 1.38 bits per heavy atom. The number of allylic oxidation sites excluding steroid dienone is 1. The minimum Gasteiger partial charge on any atom is -0.464 e. The molecule has 0 bridgehead atoms. The largest absolute Gasteiger partial charge is 0.464 e. The van der Waals surface area contributed by atoms with E-state index in [1.54, 1.807) is 12.3 Å². The summed E-state index contributed by atoms with van der Waals surface area (Å²) >= 11 is 0. The Hall–Kier alpha value is -1.24. The molecule has 0 N–H and O–H groups in total. The van der Waals surface area contributed by atoms with E-state index in [0.717, 1.165) is 16.9 Å². The molecule has 0 aromatic carbocycles. The summed E-state index contributed by atoms with van der Waals surface area (Å²) in [5, 5.41) is 0. The molecule has 1 nitrogen and oxygen atoms in total. The third kappa shape index (κ3) is 2.94. The van der Waals surface area contributed by atoms with E-state index in [9.17, 15) is 0 Å². The highest BCUT2D eigenvalue weighted by Crippen LogP contribution is 2.18. The molecule has 0 saturated carbocycles. The predicted octanol–water partition coefficient (Wildman–Crippen LogP) is 4.29. The van der Waals surface area contributed by atoms with E-state index in [0.29, 0.717) is 0 Å². The summed E-state index contributed by atoms with van der Waals surface area (Å²) in [6.45, 7) is 11.7. The van der Waals surface area contributed by atoms with Crippen molar-refractivity contribution in [3.8, 4) is 0 Å². The standard InChI is InChI=1S/C10H12O.C2H6/c1-4-6-9-8(3)7-11-10(9)5-2;1-2/h4-7H,2H2,1,3H3;1-2H3/b6-4-;. The van der Waals surface area contributed by atoms with Gasteiger partial charge in [-0.05, 0) is 25.5 Å². The van der Waals surface area contributed by atoms with Gasteiger partial charge >= 0.3 is 0 Å². The van der Waals surface area contributed by atoms with E-state index < -0.39 is 0 Å². The van der Waals surface area contributed by atoms with Crippen molar-refractivity contribution in [2.24, 2.45) is 0 Å². The Labute approximate surface area is 80.8 Å². The lowest BCUT2D eigenvalue weighted by molar-refractivity contribution is 0.555. The summed E-state index contributed by atoms with van der Waals surface area (Å²) in [6.07, 6.45) is 7.48. The van der Waals surface area contributed by atoms with Crippen molar-refractivity contribution in [3.05, 3.63) is 35.8 Å². The van der Waals surface area contributed by atoms with Crippen LogP contribution in [0.1, 0.15) is 37.7 Å². The van der Waals surface area contributed by atoms with Crippen molar-refractivity contribution in [1.29, 1.82) is 0 Å². The first-order valence-corrected chi connectivity index (χ1v) is 4.62. The Bertz CT molecular complexity index is 279. The first kappa shape index (κ1) is 11.8. The fraction of sp³-hybridized carbons (Fsp3) is 0.333. The van der Waals surface area contributed by atoms with Crippen LogP contribution in [-0.4, -0.2) is 0 Å². The van der Waals surface area contributed by atoms with Gasteiger partial charge in [-0.15, -0.1) is 0 Å². The van der Waals surface area contributed by atoms with Crippen molar-refractivity contribution >= 4 is 12.2 Å². The zero-order valence-corrected chi connectivity index (χ0v) is 8.92. The second kappa shape index (κ2) is 6.30. The van der Waals surface area contributed by atoms with Crippen molar-refractivity contribution in [2.45, 2.75) is 27.7 Å². The van der Waals surface area contributed by atoms with E-state index in [1.165, 1.54) is 0 Å². The van der Waals surface area contributed by atoms with Crippen LogP contribution in [0, 0.1) is 6.92 Å². The Balaban J connectivity index is 0.000000671. The molecule has 0 amide bonds. The summed E-state index contributed by atoms with van der Waals surface area (Å²) in [7, 11) is 0. The summed E-state index contributed by atoms with van der Waals surface area (Å²) in [4.78, 5) is 0. The second-order valence-electron chi connectivity index (χ2n) is 2.40. The zero-order chi connectivity index (χ0) is 10.3. The molecule has 0 unspecified atom stereocenters. The lowest BCUT2D eigenvalue weighted by Crippen LogP contribution is -1.73. The molecule has 0 atom stereocenters. The predicted molar refractivity (Wildman–Crippen MR) is 59.6 cm³/mol. The lowest BCUT2D eigenvalue weighted by atomic mass is 10.1. The molecule has 0 aliphatic rings. The van der Waals surface area contributed by atoms with E-state index in [2.05, 4.69) is 6.58 Å². The monoisotopic (exact) mass is 178 g/mol. The molecule has 1 aromatic heterocycles. The molecule has 1 rings (SSSR count). The molecule has 13 heavy (non-hydrogen) atoms. The van der Waals surface area contributed by atoms with Crippen LogP contribution in [-0.2, 0) is 0 Å². The molecule has 0 fully saturated rings. The fourth-order valence-electron chi connectivity index (χ4n) is 1.01. The normalized spacial score (nSPS) is 9.54. The quantitative estimate of drug-likeness (QED) is 0.658. The van der Waals surface area contributed by atoms with E-state index in [-0.39, 0.29) is 0 Å². The molecule has 0 saturated heterocycles. The minimum atomic E-state index is 0.848. The van der Waals surface area contributed by atoms with Crippen LogP contribution >= 0.6 is 0 Å². The van der Waals surface area contributed by atoms with Crippen LogP contribution in [0.4, 0.5) is 0 Å². The summed E-state index contributed by atoms with van der Waals surface area (Å²) in [5.74, 6) is 0.848. The number of rotatable bonds is 2. The van der Waals surface area contributed by atoms with Crippen LogP contribution in [0.25, 0.3) is 12.2 Å². The SMILES string of the molecule is C=Cc1occ(C)c1/C=C\C.CC. The maximum absolute atomic E-state index is 5.23. The van der Waals surface area contributed by atoms with Crippen LogP contribution in [0.3, 0.4) is 0 Å². The van der Waals surface area contributed by atoms with Gasteiger partial charge in [0.2, 0.25) is 0 Å². The number of hydrogen-bond acceptors (Lipinski definition) is 1. The first-order valence-electron chi connectivity index (χ1n) is 4.62. The Morgan fingerprint density at radius 2 is 2.00 bits per heavy atom. The van der Waals surface area contributed by atoms with Gasteiger partial charge in [0.05, 0.1) is 6.26 Å². The summed E-state index contributed by atoms with van der Waals surface area (Å²) in [6, 6.07) is 0. The van der Waals surface area contributed by atoms with Gasteiger partial charge in [-0.25, -0.2) is 0 Å². The van der Waals surface area contributed by atoms with Crippen molar-refractivity contribution in [3.63, 3.8) is 0 Å². The fourth-order valence-corrected chi connectivity index (χ4v) is 1.01. The molecule has 0 radical (unpaired) electrons. The van der Waals surface area contributed by atoms with Gasteiger partial charge in [-0.2, -0.15) is 0 Å². The van der Waals surface area contributed by atoms with E-state index >= 15 is 0 Å². The van der Waals surface area contributed by atoms with E-state index in [4.69, 9.17) is 4.42 Å². The van der Waals surface area contributed by atoms with Gasteiger partial charge in [0.15, 0.2) is 0 Å². The maximum Gasteiger partial charge on any atom is 0.133 e. The topological polar surface area (TPSA) is 13.1 Å². The van der Waals surface area contributed by atoms with Gasteiger partial charge in [-0.1, -0.05) is 32.6 Å². The number of aryl methyl sites for hydroxylation is 1. The van der Waals surface area contributed by atoms with Crippen molar-refractivity contribution < 1.29 is 4.42 Å². The molecule has 1 heteroatoms. The third-order valence-corrected chi connectivity index (χ3v) is 1.57. The third-order valence-electron chi connectivity index (χ3n) is 1.57. The van der Waals surface area contributed by atoms with Gasteiger partial charge in [0.25, 0.3) is 0 Å². The highest BCUT2D eigenvalue weighted by molar-refractivity contribution is 5.63. The molecular weight excluding hydrogens is 160 g/mol. The minimum absolute atomic E-state index is 0.848. The molecule has 72 valence electrons. The average molecular weight is 178 g/mol. The highest BCUT2D eigenvalue weighted by atomic mass is 16.3. The summed E-state index contributed by atoms with van der Waals surface area (Å²) in [5.41, 5.74) is 2.28. The molecule has 1 aromatic rings. The molecule has 0 spiro atoms. The number of hydrogen-bond donors (Lipinski definition) is 0. The molecular formula is C12H18O. The van der Waals surface area contributed by atoms with Gasteiger partial charge < -0.3 is 4.42 Å². The molecule has 1 heterocycles. The van der Waals surface area contributed by atoms with Gasteiger partial charge in [0, 0.05) is 5.56 Å². The number of furan rings is 1. The average Bonchev–Trinajstić information content (AvgIpc) is 2.52. The van der Waals surface area contributed by atoms with Crippen molar-refractivity contribution in [1.82, 2.24) is 0 Å². The first-order chi connectivity index (χ1) is 6.29. The van der Waals surface area contributed by atoms with Crippen LogP contribution < -0.4 is 0 Å². The lowest BCUT2D eigenvalue weighted by Gasteiger charge is -1.89. The zero-order valence-electron chi connectivity index (χ0n) is 8.92. The second-order valence-corrected chi connectivity index (χ2v) is 2.40. The van der Waals surface area contributed by atoms with Gasteiger partial charge in [0.1, 0.15) is 5.76 Å². The molecule has 0 aliphatic carbocycles. The molecule has 0 aliphatic heterocycles. The van der Waals surface area contributed by atoms with Crippen LogP contribution in [0.15, 0.2) is 23.3 Å². The van der Waals surface area contributed by atoms with Gasteiger partial charge in [-0.3, -0.25) is 0 Å². The Kier molecular flexibility index (Phi) is 5.69. The Morgan fingerprint density at radius 3 is 2.46 bits per heavy atom. The van der Waals surface area contributed by atoms with Crippen LogP contribution in [0.2, 0.25) is 0 Å². The van der Waals surface area contributed by atoms with E-state index in [1.807, 2.05) is 39.8 Å². The highest BCUT2D eigenvalue weighted by Gasteiger charge is 2.02. The summed E-state index contributed by atoms with van der Waals surface area (Å²) < 4.78 is 5.23. The maximum atomic E-state index is 5.23. The van der Waals surface area contributed by atoms with Crippen molar-refractivity contribution in [2.75, 3.05) is 0 Å².